The molecule has 0 saturated carbocycles. The number of hydrogen-bond donors (Lipinski definition) is 1. The second-order valence-electron chi connectivity index (χ2n) is 4.55. The molecule has 19 heavy (non-hydrogen) atoms. The Morgan fingerprint density at radius 2 is 2.21 bits per heavy atom. The van der Waals surface area contributed by atoms with Crippen molar-refractivity contribution < 1.29 is 19.0 Å². The highest BCUT2D eigenvalue weighted by molar-refractivity contribution is 5.95. The average molecular weight is 264 g/mol. The molecule has 3 rings (SSSR count). The second kappa shape index (κ2) is 5.07. The molecule has 1 aromatic rings. The van der Waals surface area contributed by atoms with Crippen molar-refractivity contribution in [2.75, 3.05) is 33.0 Å². The number of hydrogen-bond acceptors (Lipinski definition) is 5. The van der Waals surface area contributed by atoms with E-state index in [2.05, 4.69) is 0 Å². The summed E-state index contributed by atoms with van der Waals surface area (Å²) in [5.74, 6) is 1.27. The molecule has 0 spiro atoms. The van der Waals surface area contributed by atoms with Gasteiger partial charge in [-0.25, -0.2) is 0 Å². The number of amides is 1. The Labute approximate surface area is 111 Å². The van der Waals surface area contributed by atoms with Crippen LogP contribution in [0.25, 0.3) is 0 Å². The molecule has 0 aromatic heterocycles. The van der Waals surface area contributed by atoms with Crippen molar-refractivity contribution in [3.63, 3.8) is 0 Å². The predicted octanol–water partition coefficient (Wildman–Crippen LogP) is 0.215. The van der Waals surface area contributed by atoms with Crippen molar-refractivity contribution in [2.24, 2.45) is 5.73 Å². The van der Waals surface area contributed by atoms with Crippen molar-refractivity contribution >= 4 is 5.91 Å². The molecule has 102 valence electrons. The zero-order valence-corrected chi connectivity index (χ0v) is 10.5. The number of morpholine rings is 1. The minimum Gasteiger partial charge on any atom is -0.454 e. The van der Waals surface area contributed by atoms with Crippen LogP contribution in [-0.4, -0.2) is 49.9 Å². The van der Waals surface area contributed by atoms with E-state index in [0.717, 1.165) is 0 Å². The summed E-state index contributed by atoms with van der Waals surface area (Å²) in [6, 6.07) is 5.23. The van der Waals surface area contributed by atoms with E-state index in [1.165, 1.54) is 0 Å². The largest absolute Gasteiger partial charge is 0.454 e. The minimum absolute atomic E-state index is 0.0277. The first kappa shape index (κ1) is 12.3. The van der Waals surface area contributed by atoms with E-state index in [-0.39, 0.29) is 18.8 Å². The molecule has 2 aliphatic rings. The van der Waals surface area contributed by atoms with Gasteiger partial charge in [-0.3, -0.25) is 4.79 Å². The van der Waals surface area contributed by atoms with Crippen LogP contribution in [0.2, 0.25) is 0 Å². The summed E-state index contributed by atoms with van der Waals surface area (Å²) < 4.78 is 16.0. The van der Waals surface area contributed by atoms with Crippen LogP contribution < -0.4 is 15.2 Å². The third-order valence-corrected chi connectivity index (χ3v) is 3.31. The van der Waals surface area contributed by atoms with Gasteiger partial charge < -0.3 is 24.8 Å². The monoisotopic (exact) mass is 264 g/mol. The van der Waals surface area contributed by atoms with Crippen molar-refractivity contribution in [3.8, 4) is 11.5 Å². The van der Waals surface area contributed by atoms with Gasteiger partial charge in [0.05, 0.1) is 12.7 Å². The van der Waals surface area contributed by atoms with Gasteiger partial charge in [-0.15, -0.1) is 0 Å². The van der Waals surface area contributed by atoms with Crippen LogP contribution in [0.3, 0.4) is 0 Å². The quantitative estimate of drug-likeness (QED) is 0.827. The third-order valence-electron chi connectivity index (χ3n) is 3.31. The van der Waals surface area contributed by atoms with E-state index >= 15 is 0 Å². The lowest BCUT2D eigenvalue weighted by Gasteiger charge is -2.32. The summed E-state index contributed by atoms with van der Waals surface area (Å²) in [4.78, 5) is 14.2. The molecular formula is C13H16N2O4. The first-order valence-corrected chi connectivity index (χ1v) is 6.28. The summed E-state index contributed by atoms with van der Waals surface area (Å²) >= 11 is 0. The second-order valence-corrected chi connectivity index (χ2v) is 4.55. The van der Waals surface area contributed by atoms with Crippen LogP contribution in [0.4, 0.5) is 0 Å². The van der Waals surface area contributed by atoms with Gasteiger partial charge >= 0.3 is 0 Å². The highest BCUT2D eigenvalue weighted by atomic mass is 16.7. The number of carbonyl (C=O) groups is 1. The van der Waals surface area contributed by atoms with Crippen LogP contribution in [0.15, 0.2) is 18.2 Å². The maximum Gasteiger partial charge on any atom is 0.254 e. The van der Waals surface area contributed by atoms with Crippen LogP contribution in [0.5, 0.6) is 11.5 Å². The first-order chi connectivity index (χ1) is 9.28. The van der Waals surface area contributed by atoms with Gasteiger partial charge in [0, 0.05) is 25.2 Å². The number of nitrogens with two attached hydrogens (primary N) is 1. The maximum atomic E-state index is 12.4. The highest BCUT2D eigenvalue weighted by Crippen LogP contribution is 2.32. The fourth-order valence-electron chi connectivity index (χ4n) is 2.26. The molecule has 0 radical (unpaired) electrons. The summed E-state index contributed by atoms with van der Waals surface area (Å²) in [6.07, 6.45) is -0.0771. The Morgan fingerprint density at radius 3 is 3.05 bits per heavy atom. The van der Waals surface area contributed by atoms with E-state index in [0.29, 0.717) is 43.3 Å². The number of nitrogens with zero attached hydrogens (tertiary/aromatic N) is 1. The molecule has 1 amide bonds. The Bertz CT molecular complexity index is 492. The van der Waals surface area contributed by atoms with Crippen LogP contribution in [-0.2, 0) is 4.74 Å². The first-order valence-electron chi connectivity index (χ1n) is 6.28. The molecule has 1 saturated heterocycles. The van der Waals surface area contributed by atoms with Gasteiger partial charge in [-0.2, -0.15) is 0 Å². The minimum atomic E-state index is -0.0771. The third kappa shape index (κ3) is 2.36. The van der Waals surface area contributed by atoms with Crippen molar-refractivity contribution in [1.82, 2.24) is 4.90 Å². The summed E-state index contributed by atoms with van der Waals surface area (Å²) in [6.45, 7) is 2.27. The number of rotatable bonds is 2. The van der Waals surface area contributed by atoms with Gasteiger partial charge in [-0.05, 0) is 18.2 Å². The Hall–Kier alpha value is -1.79. The van der Waals surface area contributed by atoms with E-state index < -0.39 is 0 Å². The van der Waals surface area contributed by atoms with Gasteiger partial charge in [0.1, 0.15) is 0 Å². The van der Waals surface area contributed by atoms with E-state index in [9.17, 15) is 4.79 Å². The molecule has 2 heterocycles. The lowest BCUT2D eigenvalue weighted by atomic mass is 10.1. The van der Waals surface area contributed by atoms with Gasteiger partial charge in [-0.1, -0.05) is 0 Å². The van der Waals surface area contributed by atoms with Crippen molar-refractivity contribution in [3.05, 3.63) is 23.8 Å². The number of ether oxygens (including phenoxy) is 3. The molecule has 1 atom stereocenters. The molecule has 1 fully saturated rings. The molecule has 2 aliphatic heterocycles. The lowest BCUT2D eigenvalue weighted by Crippen LogP contribution is -2.48. The summed E-state index contributed by atoms with van der Waals surface area (Å²) in [7, 11) is 0. The molecule has 6 heteroatoms. The van der Waals surface area contributed by atoms with Crippen LogP contribution >= 0.6 is 0 Å². The number of carbonyl (C=O) groups excluding carboxylic acids is 1. The normalized spacial score (nSPS) is 21.5. The molecular weight excluding hydrogens is 248 g/mol. The average Bonchev–Trinajstić information content (AvgIpc) is 2.94. The smallest absolute Gasteiger partial charge is 0.254 e. The van der Waals surface area contributed by atoms with Gasteiger partial charge in [0.25, 0.3) is 5.91 Å². The summed E-state index contributed by atoms with van der Waals surface area (Å²) in [5, 5.41) is 0. The lowest BCUT2D eigenvalue weighted by molar-refractivity contribution is -0.0167. The molecule has 0 aliphatic carbocycles. The Morgan fingerprint density at radius 1 is 1.37 bits per heavy atom. The summed E-state index contributed by atoms with van der Waals surface area (Å²) in [5.41, 5.74) is 6.18. The molecule has 0 bridgehead atoms. The Balaban J connectivity index is 1.76. The SMILES string of the molecule is NCC1CN(C(=O)c2ccc3c(c2)OCO3)CCO1. The zero-order chi connectivity index (χ0) is 13.2. The molecule has 1 unspecified atom stereocenters. The fourth-order valence-corrected chi connectivity index (χ4v) is 2.26. The highest BCUT2D eigenvalue weighted by Gasteiger charge is 2.25. The van der Waals surface area contributed by atoms with E-state index in [1.807, 2.05) is 0 Å². The van der Waals surface area contributed by atoms with Crippen molar-refractivity contribution in [1.29, 1.82) is 0 Å². The number of benzene rings is 1. The van der Waals surface area contributed by atoms with E-state index in [1.54, 1.807) is 23.1 Å². The van der Waals surface area contributed by atoms with Crippen molar-refractivity contribution in [2.45, 2.75) is 6.10 Å². The number of fused-ring (bicyclic) bond motifs is 1. The zero-order valence-electron chi connectivity index (χ0n) is 10.5. The maximum absolute atomic E-state index is 12.4. The van der Waals surface area contributed by atoms with Crippen LogP contribution in [0, 0.1) is 0 Å². The topological polar surface area (TPSA) is 74.0 Å². The van der Waals surface area contributed by atoms with E-state index in [4.69, 9.17) is 19.9 Å². The van der Waals surface area contributed by atoms with Gasteiger partial charge in [0.15, 0.2) is 11.5 Å². The fraction of sp³-hybridized carbons (Fsp3) is 0.462. The standard InChI is InChI=1S/C13H16N2O4/c14-6-10-7-15(3-4-17-10)13(16)9-1-2-11-12(5-9)19-8-18-11/h1-2,5,10H,3-4,6-8,14H2. The predicted molar refractivity (Wildman–Crippen MR) is 67.3 cm³/mol. The van der Waals surface area contributed by atoms with Crippen LogP contribution in [0.1, 0.15) is 10.4 Å². The van der Waals surface area contributed by atoms with Gasteiger partial charge in [0.2, 0.25) is 6.79 Å². The molecule has 2 N–H and O–H groups in total. The Kier molecular flexibility index (Phi) is 3.27. The molecule has 1 aromatic carbocycles. The molecule has 6 nitrogen and oxygen atoms in total.